The summed E-state index contributed by atoms with van der Waals surface area (Å²) in [6, 6.07) is 9.42. The fourth-order valence-corrected chi connectivity index (χ4v) is 2.93. The van der Waals surface area contributed by atoms with E-state index in [2.05, 4.69) is 37.2 Å². The summed E-state index contributed by atoms with van der Waals surface area (Å²) in [6.45, 7) is 2.68. The van der Waals surface area contributed by atoms with E-state index in [1.807, 2.05) is 31.2 Å². The predicted molar refractivity (Wildman–Crippen MR) is 88.6 cm³/mol. The molecule has 0 aliphatic carbocycles. The average Bonchev–Trinajstić information content (AvgIpc) is 2.40. The van der Waals surface area contributed by atoms with E-state index in [-0.39, 0.29) is 5.75 Å². The number of phenols is 1. The van der Waals surface area contributed by atoms with E-state index in [1.54, 1.807) is 13.2 Å². The molecule has 0 spiro atoms. The summed E-state index contributed by atoms with van der Waals surface area (Å²) in [4.78, 5) is 0. The average molecular weight is 401 g/mol. The van der Waals surface area contributed by atoms with Crippen molar-refractivity contribution >= 4 is 37.5 Å². The lowest BCUT2D eigenvalue weighted by Crippen LogP contribution is -2.03. The fraction of sp³-hybridized carbons (Fsp3) is 0.200. The maximum Gasteiger partial charge on any atom is 0.143 e. The smallest absolute Gasteiger partial charge is 0.143 e. The number of methoxy groups -OCH3 is 1. The van der Waals surface area contributed by atoms with Crippen molar-refractivity contribution in [3.05, 3.63) is 50.4 Å². The molecule has 2 rings (SSSR count). The van der Waals surface area contributed by atoms with Crippen molar-refractivity contribution in [2.45, 2.75) is 13.5 Å². The number of hydrogen-bond donors (Lipinski definition) is 2. The van der Waals surface area contributed by atoms with Crippen LogP contribution in [0.25, 0.3) is 0 Å². The van der Waals surface area contributed by atoms with E-state index in [9.17, 15) is 5.11 Å². The van der Waals surface area contributed by atoms with Gasteiger partial charge in [0.2, 0.25) is 0 Å². The Bertz CT molecular complexity index is 630. The highest BCUT2D eigenvalue weighted by atomic mass is 79.9. The van der Waals surface area contributed by atoms with Crippen LogP contribution in [0.1, 0.15) is 11.1 Å². The third kappa shape index (κ3) is 3.46. The first-order valence-electron chi connectivity index (χ1n) is 6.06. The van der Waals surface area contributed by atoms with Gasteiger partial charge in [0.1, 0.15) is 11.5 Å². The molecule has 2 N–H and O–H groups in total. The van der Waals surface area contributed by atoms with Crippen LogP contribution in [-0.4, -0.2) is 12.2 Å². The standard InChI is InChI=1S/C15H15Br2NO2/c1-9-5-11(16)7-14(20-2)15(9)18-8-10-3-4-13(19)12(17)6-10/h3-7,18-19H,8H2,1-2H3. The molecule has 0 amide bonds. The van der Waals surface area contributed by atoms with E-state index in [0.29, 0.717) is 11.0 Å². The number of nitrogens with one attached hydrogen (secondary N) is 1. The number of aromatic hydroxyl groups is 1. The molecular weight excluding hydrogens is 386 g/mol. The lowest BCUT2D eigenvalue weighted by atomic mass is 10.1. The van der Waals surface area contributed by atoms with Gasteiger partial charge >= 0.3 is 0 Å². The molecule has 2 aromatic carbocycles. The number of benzene rings is 2. The SMILES string of the molecule is COc1cc(Br)cc(C)c1NCc1ccc(O)c(Br)c1. The molecule has 0 aliphatic rings. The molecule has 0 aliphatic heterocycles. The van der Waals surface area contributed by atoms with Crippen LogP contribution in [0.4, 0.5) is 5.69 Å². The Morgan fingerprint density at radius 1 is 1.20 bits per heavy atom. The molecule has 0 saturated heterocycles. The van der Waals surface area contributed by atoms with Gasteiger partial charge in [0, 0.05) is 11.0 Å². The molecule has 0 aromatic heterocycles. The zero-order valence-electron chi connectivity index (χ0n) is 11.2. The van der Waals surface area contributed by atoms with Gasteiger partial charge in [-0.1, -0.05) is 22.0 Å². The molecule has 5 heteroatoms. The molecule has 0 bridgehead atoms. The van der Waals surface area contributed by atoms with Gasteiger partial charge in [-0.05, 0) is 58.2 Å². The summed E-state index contributed by atoms with van der Waals surface area (Å²) in [5.41, 5.74) is 3.15. The Morgan fingerprint density at radius 3 is 2.60 bits per heavy atom. The van der Waals surface area contributed by atoms with Crippen LogP contribution in [0.5, 0.6) is 11.5 Å². The quantitative estimate of drug-likeness (QED) is 0.770. The largest absolute Gasteiger partial charge is 0.507 e. The minimum Gasteiger partial charge on any atom is -0.507 e. The van der Waals surface area contributed by atoms with Crippen LogP contribution in [0, 0.1) is 6.92 Å². The molecule has 0 atom stereocenters. The number of ether oxygens (including phenoxy) is 1. The number of hydrogen-bond acceptors (Lipinski definition) is 3. The predicted octanol–water partition coefficient (Wildman–Crippen LogP) is 4.85. The summed E-state index contributed by atoms with van der Waals surface area (Å²) < 4.78 is 7.08. The Hall–Kier alpha value is -1.20. The van der Waals surface area contributed by atoms with Gasteiger partial charge < -0.3 is 15.2 Å². The molecule has 2 aromatic rings. The number of rotatable bonds is 4. The monoisotopic (exact) mass is 399 g/mol. The Labute approximate surface area is 135 Å². The summed E-state index contributed by atoms with van der Waals surface area (Å²) in [5.74, 6) is 1.04. The minimum absolute atomic E-state index is 0.242. The molecule has 3 nitrogen and oxygen atoms in total. The Morgan fingerprint density at radius 2 is 1.95 bits per heavy atom. The van der Waals surface area contributed by atoms with Crippen LogP contribution >= 0.6 is 31.9 Å². The van der Waals surface area contributed by atoms with E-state index in [1.165, 1.54) is 0 Å². The van der Waals surface area contributed by atoms with Crippen LogP contribution in [0.3, 0.4) is 0 Å². The molecule has 106 valence electrons. The van der Waals surface area contributed by atoms with E-state index in [0.717, 1.165) is 27.0 Å². The molecule has 0 radical (unpaired) electrons. The van der Waals surface area contributed by atoms with Crippen LogP contribution in [0.2, 0.25) is 0 Å². The second-order valence-corrected chi connectivity index (χ2v) is 6.21. The first-order chi connectivity index (χ1) is 9.51. The maximum absolute atomic E-state index is 9.49. The highest BCUT2D eigenvalue weighted by Gasteiger charge is 2.08. The van der Waals surface area contributed by atoms with E-state index < -0.39 is 0 Å². The first kappa shape index (κ1) is 15.2. The lowest BCUT2D eigenvalue weighted by molar-refractivity contribution is 0.416. The van der Waals surface area contributed by atoms with E-state index >= 15 is 0 Å². The molecule has 0 unspecified atom stereocenters. The van der Waals surface area contributed by atoms with Crippen LogP contribution in [0.15, 0.2) is 39.3 Å². The zero-order chi connectivity index (χ0) is 14.7. The molecule has 0 heterocycles. The summed E-state index contributed by atoms with van der Waals surface area (Å²) in [6.07, 6.45) is 0. The molecule has 20 heavy (non-hydrogen) atoms. The van der Waals surface area contributed by atoms with Crippen molar-refractivity contribution in [3.63, 3.8) is 0 Å². The number of phenolic OH excluding ortho intramolecular Hbond substituents is 1. The summed E-state index contributed by atoms with van der Waals surface area (Å²) in [7, 11) is 1.66. The van der Waals surface area contributed by atoms with E-state index in [4.69, 9.17) is 4.74 Å². The zero-order valence-corrected chi connectivity index (χ0v) is 14.4. The molecule has 0 fully saturated rings. The molecular formula is C15H15Br2NO2. The van der Waals surface area contributed by atoms with Gasteiger partial charge in [-0.2, -0.15) is 0 Å². The van der Waals surface area contributed by atoms with Crippen LogP contribution in [-0.2, 0) is 6.54 Å². The van der Waals surface area contributed by atoms with Gasteiger partial charge in [-0.3, -0.25) is 0 Å². The van der Waals surface area contributed by atoms with Crippen molar-refractivity contribution in [2.24, 2.45) is 0 Å². The van der Waals surface area contributed by atoms with Gasteiger partial charge in [0.05, 0.1) is 17.3 Å². The fourth-order valence-electron chi connectivity index (χ4n) is 1.95. The van der Waals surface area contributed by atoms with Crippen LogP contribution < -0.4 is 10.1 Å². The summed E-state index contributed by atoms with van der Waals surface area (Å²) in [5, 5.41) is 12.9. The summed E-state index contributed by atoms with van der Waals surface area (Å²) >= 11 is 6.78. The van der Waals surface area contributed by atoms with Gasteiger partial charge in [-0.25, -0.2) is 0 Å². The van der Waals surface area contributed by atoms with Gasteiger partial charge in [0.15, 0.2) is 0 Å². The third-order valence-electron chi connectivity index (χ3n) is 2.97. The second-order valence-electron chi connectivity index (χ2n) is 4.44. The highest BCUT2D eigenvalue weighted by molar-refractivity contribution is 9.10. The number of halogens is 2. The number of aryl methyl sites for hydroxylation is 1. The first-order valence-corrected chi connectivity index (χ1v) is 7.65. The van der Waals surface area contributed by atoms with Gasteiger partial charge in [-0.15, -0.1) is 0 Å². The van der Waals surface area contributed by atoms with Crippen molar-refractivity contribution in [3.8, 4) is 11.5 Å². The molecule has 0 saturated carbocycles. The van der Waals surface area contributed by atoms with Crippen molar-refractivity contribution in [1.82, 2.24) is 0 Å². The third-order valence-corrected chi connectivity index (χ3v) is 4.06. The lowest BCUT2D eigenvalue weighted by Gasteiger charge is -2.15. The Balaban J connectivity index is 2.20. The van der Waals surface area contributed by atoms with Gasteiger partial charge in [0.25, 0.3) is 0 Å². The topological polar surface area (TPSA) is 41.5 Å². The minimum atomic E-state index is 0.242. The highest BCUT2D eigenvalue weighted by Crippen LogP contribution is 2.32. The second kappa shape index (κ2) is 6.50. The maximum atomic E-state index is 9.49. The van der Waals surface area contributed by atoms with Crippen molar-refractivity contribution in [1.29, 1.82) is 0 Å². The van der Waals surface area contributed by atoms with Crippen molar-refractivity contribution in [2.75, 3.05) is 12.4 Å². The number of anilines is 1. The normalized spacial score (nSPS) is 10.4. The van der Waals surface area contributed by atoms with Crippen molar-refractivity contribution < 1.29 is 9.84 Å². The Kier molecular flexibility index (Phi) is 4.94.